The van der Waals surface area contributed by atoms with Crippen LogP contribution in [0.4, 0.5) is 11.4 Å². The van der Waals surface area contributed by atoms with Crippen LogP contribution >= 0.6 is 0 Å². The Morgan fingerprint density at radius 3 is 2.34 bits per heavy atom. The van der Waals surface area contributed by atoms with Crippen molar-refractivity contribution >= 4 is 34.8 Å². The molecule has 7 N–H and O–H groups in total. The first kappa shape index (κ1) is 30.1. The number of carbonyl (C=O) groups is 4. The number of nitrogens with zero attached hydrogens (tertiary/aromatic N) is 3. The molecular weight excluding hydrogens is 570 g/mol. The summed E-state index contributed by atoms with van der Waals surface area (Å²) in [6, 6.07) is 0.556. The number of allylic oxidation sites excluding steroid dienone is 1. The Balaban J connectivity index is 1.40. The molecule has 1 aliphatic heterocycles. The van der Waals surface area contributed by atoms with Crippen LogP contribution in [0.2, 0.25) is 0 Å². The smallest absolute Gasteiger partial charge is 0.255 e. The maximum Gasteiger partial charge on any atom is 0.255 e. The van der Waals surface area contributed by atoms with E-state index < -0.39 is 63.8 Å². The number of anilines is 2. The number of rotatable bonds is 7. The Kier molecular flexibility index (Phi) is 7.06. The number of phenols is 1. The molecule has 0 unspecified atom stereocenters. The fourth-order valence-electron chi connectivity index (χ4n) is 7.58. The number of ketones is 2. The number of hydrogen-bond acceptors (Lipinski definition) is 11. The van der Waals surface area contributed by atoms with Gasteiger partial charge in [0.05, 0.1) is 23.2 Å². The molecule has 236 valence electrons. The van der Waals surface area contributed by atoms with Crippen LogP contribution in [-0.2, 0) is 20.8 Å². The summed E-state index contributed by atoms with van der Waals surface area (Å²) in [5.41, 5.74) is 2.55. The second-order valence-electron chi connectivity index (χ2n) is 13.4. The van der Waals surface area contributed by atoms with Crippen LogP contribution in [0.15, 0.2) is 28.7 Å². The zero-order valence-electron chi connectivity index (χ0n) is 25.3. The molecule has 4 aliphatic carbocycles. The van der Waals surface area contributed by atoms with Crippen molar-refractivity contribution in [1.82, 2.24) is 9.80 Å². The number of aromatic hydroxyl groups is 1. The monoisotopic (exact) mass is 609 g/mol. The number of benzene rings is 1. The van der Waals surface area contributed by atoms with Gasteiger partial charge in [0, 0.05) is 50.9 Å². The minimum absolute atomic E-state index is 0.00306. The highest BCUT2D eigenvalue weighted by molar-refractivity contribution is 6.25. The highest BCUT2D eigenvalue weighted by Crippen LogP contribution is 2.54. The van der Waals surface area contributed by atoms with Gasteiger partial charge in [-0.25, -0.2) is 0 Å². The van der Waals surface area contributed by atoms with Gasteiger partial charge in [0.15, 0.2) is 17.1 Å². The molecule has 13 nitrogen and oxygen atoms in total. The Morgan fingerprint density at radius 2 is 1.77 bits per heavy atom. The third-order valence-corrected chi connectivity index (χ3v) is 9.98. The number of aliphatic hydroxyl groups excluding tert-OH is 2. The maximum absolute atomic E-state index is 14.2. The summed E-state index contributed by atoms with van der Waals surface area (Å²) >= 11 is 0. The number of aliphatic hydroxyl groups is 3. The highest BCUT2D eigenvalue weighted by Gasteiger charge is 2.63. The summed E-state index contributed by atoms with van der Waals surface area (Å²) in [4.78, 5) is 58.5. The molecule has 0 aromatic heterocycles. The lowest BCUT2D eigenvalue weighted by molar-refractivity contribution is -0.148. The molecule has 0 radical (unpaired) electrons. The van der Waals surface area contributed by atoms with Crippen LogP contribution in [0, 0.1) is 23.7 Å². The van der Waals surface area contributed by atoms with Crippen molar-refractivity contribution in [3.8, 4) is 5.75 Å². The molecule has 1 aromatic rings. The lowest BCUT2D eigenvalue weighted by atomic mass is 9.58. The van der Waals surface area contributed by atoms with Gasteiger partial charge in [0.25, 0.3) is 5.91 Å². The minimum Gasteiger partial charge on any atom is -0.510 e. The molecule has 44 heavy (non-hydrogen) atoms. The van der Waals surface area contributed by atoms with Gasteiger partial charge in [-0.2, -0.15) is 0 Å². The molecule has 13 heteroatoms. The number of nitrogens with two attached hydrogens (primary N) is 1. The molecule has 4 atom stereocenters. The molecule has 2 fully saturated rings. The first-order valence-corrected chi connectivity index (χ1v) is 14.9. The van der Waals surface area contributed by atoms with Gasteiger partial charge in [-0.1, -0.05) is 0 Å². The van der Waals surface area contributed by atoms with E-state index in [0.29, 0.717) is 30.3 Å². The fraction of sp³-hybridized carbons (Fsp3) is 0.548. The summed E-state index contributed by atoms with van der Waals surface area (Å²) in [5, 5.41) is 48.5. The van der Waals surface area contributed by atoms with Crippen molar-refractivity contribution in [2.45, 2.75) is 37.3 Å². The SMILES string of the molecule is CN(C)c1cc(NC(=O)C2CN(CC3CC3)C2)c(O)c2c1C[C@H]1C[C@H]3[C@H](N(C)C)C(O)=C(C(N)=O)C(=O)[C@@]3(O)C(O)=C1C2=O. The number of primary amides is 1. The van der Waals surface area contributed by atoms with E-state index in [1.54, 1.807) is 39.2 Å². The summed E-state index contributed by atoms with van der Waals surface area (Å²) in [7, 11) is 6.70. The first-order chi connectivity index (χ1) is 20.7. The van der Waals surface area contributed by atoms with E-state index in [1.165, 1.54) is 17.7 Å². The number of likely N-dealkylation sites (N-methyl/N-ethyl adjacent to an activating group) is 1. The van der Waals surface area contributed by atoms with Gasteiger partial charge >= 0.3 is 0 Å². The molecule has 2 amide bonds. The summed E-state index contributed by atoms with van der Waals surface area (Å²) in [5.74, 6) is -6.99. The largest absolute Gasteiger partial charge is 0.510 e. The van der Waals surface area contributed by atoms with Crippen molar-refractivity contribution < 1.29 is 39.6 Å². The van der Waals surface area contributed by atoms with E-state index in [-0.39, 0.29) is 41.5 Å². The van der Waals surface area contributed by atoms with Crippen LogP contribution in [0.5, 0.6) is 5.75 Å². The van der Waals surface area contributed by atoms with Gasteiger partial charge < -0.3 is 41.3 Å². The molecule has 1 aromatic carbocycles. The van der Waals surface area contributed by atoms with Gasteiger partial charge in [0.1, 0.15) is 17.1 Å². The number of carbonyl (C=O) groups excluding carboxylic acids is 4. The Labute approximate surface area is 254 Å². The predicted octanol–water partition coefficient (Wildman–Crippen LogP) is 0.467. The second-order valence-corrected chi connectivity index (χ2v) is 13.4. The topological polar surface area (TPSA) is 197 Å². The minimum atomic E-state index is -2.72. The lowest BCUT2D eigenvalue weighted by Crippen LogP contribution is -2.63. The number of Topliss-reactive ketones (excluding diaryl/α,β-unsaturated/α-hetero) is 2. The van der Waals surface area contributed by atoms with E-state index in [9.17, 15) is 39.6 Å². The van der Waals surface area contributed by atoms with E-state index in [0.717, 1.165) is 6.54 Å². The Bertz CT molecular complexity index is 1550. The van der Waals surface area contributed by atoms with E-state index in [2.05, 4.69) is 10.2 Å². The molecule has 1 saturated carbocycles. The number of likely N-dealkylation sites (tertiary alicyclic amines) is 1. The predicted molar refractivity (Wildman–Crippen MR) is 159 cm³/mol. The van der Waals surface area contributed by atoms with Crippen molar-refractivity contribution in [1.29, 1.82) is 0 Å². The lowest BCUT2D eigenvalue weighted by Gasteiger charge is -2.50. The van der Waals surface area contributed by atoms with Gasteiger partial charge in [0.2, 0.25) is 11.7 Å². The van der Waals surface area contributed by atoms with Crippen LogP contribution in [0.25, 0.3) is 0 Å². The van der Waals surface area contributed by atoms with E-state index in [1.807, 2.05) is 0 Å². The summed E-state index contributed by atoms with van der Waals surface area (Å²) in [6.45, 7) is 2.22. The quantitative estimate of drug-likeness (QED) is 0.186. The number of fused-ring (bicyclic) bond motifs is 3. The molecule has 1 heterocycles. The standard InChI is InChI=1S/C31H39N5O8/c1-34(2)19-9-18(33-30(43)15-11-36(12-15)10-13-5-6-13)24(37)21-16(19)7-14-8-17-23(35(3)4)26(39)22(29(32)42)28(41)31(17,44)27(40)20(14)25(21)38/h9,13-15,17,23,37,39-40,44H,5-8,10-12H2,1-4H3,(H2,32,42)(H,33,43)/t14-,17-,23-,31-/m0/s1. The van der Waals surface area contributed by atoms with Crippen molar-refractivity contribution in [3.63, 3.8) is 0 Å². The summed E-state index contributed by atoms with van der Waals surface area (Å²) in [6.07, 6.45) is 2.59. The van der Waals surface area contributed by atoms with Gasteiger partial charge in [-0.3, -0.25) is 24.1 Å². The van der Waals surface area contributed by atoms with Crippen molar-refractivity contribution in [3.05, 3.63) is 39.9 Å². The van der Waals surface area contributed by atoms with Crippen LogP contribution in [0.1, 0.15) is 35.2 Å². The third kappa shape index (κ3) is 4.39. The van der Waals surface area contributed by atoms with Crippen LogP contribution in [0.3, 0.4) is 0 Å². The summed E-state index contributed by atoms with van der Waals surface area (Å²) < 4.78 is 0. The van der Waals surface area contributed by atoms with Gasteiger partial charge in [-0.15, -0.1) is 0 Å². The van der Waals surface area contributed by atoms with E-state index in [4.69, 9.17) is 5.73 Å². The second kappa shape index (κ2) is 10.3. The molecule has 0 spiro atoms. The average molecular weight is 610 g/mol. The molecular formula is C31H39N5O8. The number of nitrogens with one attached hydrogen (secondary N) is 1. The normalized spacial score (nSPS) is 28.8. The van der Waals surface area contributed by atoms with Crippen LogP contribution in [-0.4, -0.2) is 113 Å². The third-order valence-electron chi connectivity index (χ3n) is 9.98. The van der Waals surface area contributed by atoms with E-state index >= 15 is 0 Å². The molecule has 0 bridgehead atoms. The number of hydrogen-bond donors (Lipinski definition) is 6. The molecule has 5 aliphatic rings. The van der Waals surface area contributed by atoms with Crippen LogP contribution < -0.4 is 16.0 Å². The highest BCUT2D eigenvalue weighted by atomic mass is 16.3. The number of amides is 2. The van der Waals surface area contributed by atoms with Crippen molar-refractivity contribution in [2.75, 3.05) is 58.0 Å². The Hall–Kier alpha value is -3.94. The molecule has 6 rings (SSSR count). The zero-order chi connectivity index (χ0) is 32.0. The average Bonchev–Trinajstić information content (AvgIpc) is 3.73. The first-order valence-electron chi connectivity index (χ1n) is 14.9. The number of phenolic OH excluding ortho intramolecular Hbond substituents is 1. The zero-order valence-corrected chi connectivity index (χ0v) is 25.3. The molecule has 1 saturated heterocycles. The van der Waals surface area contributed by atoms with Crippen molar-refractivity contribution in [2.24, 2.45) is 29.4 Å². The Morgan fingerprint density at radius 1 is 1.11 bits per heavy atom. The fourth-order valence-corrected chi connectivity index (χ4v) is 7.58. The van der Waals surface area contributed by atoms with Gasteiger partial charge in [-0.05, 0) is 63.2 Å². The maximum atomic E-state index is 14.2.